The van der Waals surface area contributed by atoms with Gasteiger partial charge in [0.05, 0.1) is 17.9 Å². The molecule has 8 atom stereocenters. The molecule has 0 spiro atoms. The average molecular weight is 399 g/mol. The van der Waals surface area contributed by atoms with Crippen molar-refractivity contribution in [1.29, 1.82) is 0 Å². The molecule has 4 aliphatic carbocycles. The van der Waals surface area contributed by atoms with Gasteiger partial charge in [0.1, 0.15) is 0 Å². The third-order valence-corrected chi connectivity index (χ3v) is 9.90. The molecule has 0 radical (unpaired) electrons. The van der Waals surface area contributed by atoms with Crippen LogP contribution in [0.4, 0.5) is 0 Å². The highest BCUT2D eigenvalue weighted by Gasteiger charge is 2.61. The maximum Gasteiger partial charge on any atom is 0.0809 e. The van der Waals surface area contributed by atoms with Gasteiger partial charge >= 0.3 is 0 Å². The van der Waals surface area contributed by atoms with Crippen LogP contribution in [-0.4, -0.2) is 32.2 Å². The highest BCUT2D eigenvalue weighted by Crippen LogP contribution is 2.67. The van der Waals surface area contributed by atoms with Gasteiger partial charge in [0.15, 0.2) is 0 Å². The van der Waals surface area contributed by atoms with Crippen LogP contribution in [0, 0.1) is 41.4 Å². The number of aliphatic hydroxyl groups excluding tert-OH is 2. The Morgan fingerprint density at radius 2 is 1.83 bits per heavy atom. The van der Waals surface area contributed by atoms with Crippen LogP contribution in [-0.2, 0) is 7.05 Å². The van der Waals surface area contributed by atoms with Crippen molar-refractivity contribution < 1.29 is 10.2 Å². The number of aryl methyl sites for hydroxylation is 2. The summed E-state index contributed by atoms with van der Waals surface area (Å²) in [4.78, 5) is 0. The number of aromatic nitrogens is 2. The van der Waals surface area contributed by atoms with E-state index >= 15 is 0 Å². The molecule has 2 N–H and O–H groups in total. The van der Waals surface area contributed by atoms with Gasteiger partial charge in [0.2, 0.25) is 0 Å². The van der Waals surface area contributed by atoms with E-state index in [-0.39, 0.29) is 17.6 Å². The Morgan fingerprint density at radius 1 is 1.07 bits per heavy atom. The van der Waals surface area contributed by atoms with Crippen molar-refractivity contribution in [3.8, 4) is 0 Å². The maximum atomic E-state index is 11.4. The fourth-order valence-corrected chi connectivity index (χ4v) is 8.19. The molecule has 0 amide bonds. The van der Waals surface area contributed by atoms with Gasteiger partial charge in [-0.15, -0.1) is 0 Å². The van der Waals surface area contributed by atoms with Crippen LogP contribution in [0.3, 0.4) is 0 Å². The van der Waals surface area contributed by atoms with Gasteiger partial charge in [-0.2, -0.15) is 5.10 Å². The number of hydrogen-bond donors (Lipinski definition) is 2. The largest absolute Gasteiger partial charge is 0.393 e. The lowest BCUT2D eigenvalue weighted by Gasteiger charge is -2.60. The predicted octanol–water partition coefficient (Wildman–Crippen LogP) is 4.49. The molecule has 0 aromatic carbocycles. The first-order valence-corrected chi connectivity index (χ1v) is 11.8. The van der Waals surface area contributed by atoms with Crippen LogP contribution in [0.2, 0.25) is 0 Å². The Hall–Kier alpha value is -1.13. The lowest BCUT2D eigenvalue weighted by atomic mass is 9.45. The van der Waals surface area contributed by atoms with E-state index in [9.17, 15) is 10.2 Å². The zero-order valence-electron chi connectivity index (χ0n) is 18.6. The van der Waals surface area contributed by atoms with E-state index in [0.29, 0.717) is 17.3 Å². The van der Waals surface area contributed by atoms with Gasteiger partial charge < -0.3 is 10.2 Å². The summed E-state index contributed by atoms with van der Waals surface area (Å²) in [6, 6.07) is 0. The monoisotopic (exact) mass is 398 g/mol. The first-order chi connectivity index (χ1) is 13.7. The second-order valence-electron chi connectivity index (χ2n) is 11.3. The van der Waals surface area contributed by atoms with Crippen LogP contribution >= 0.6 is 0 Å². The molecule has 29 heavy (non-hydrogen) atoms. The van der Waals surface area contributed by atoms with E-state index in [1.807, 2.05) is 11.7 Å². The summed E-state index contributed by atoms with van der Waals surface area (Å²) < 4.78 is 1.87. The molecule has 1 heterocycles. The number of hydrogen-bond acceptors (Lipinski definition) is 3. The first kappa shape index (κ1) is 19.8. The Kier molecular flexibility index (Phi) is 4.57. The van der Waals surface area contributed by atoms with Gasteiger partial charge in [-0.25, -0.2) is 0 Å². The third-order valence-electron chi connectivity index (χ3n) is 9.90. The molecule has 4 fully saturated rings. The summed E-state index contributed by atoms with van der Waals surface area (Å²) in [5.41, 5.74) is 3.82. The maximum absolute atomic E-state index is 11.4. The molecule has 1 aromatic rings. The van der Waals surface area contributed by atoms with Crippen molar-refractivity contribution in [3.63, 3.8) is 0 Å². The predicted molar refractivity (Wildman–Crippen MR) is 115 cm³/mol. The second-order valence-corrected chi connectivity index (χ2v) is 11.3. The molecule has 4 heteroatoms. The molecular weight excluding hydrogens is 360 g/mol. The number of aliphatic hydroxyl groups is 2. The minimum atomic E-state index is -0.327. The molecule has 4 nitrogen and oxygen atoms in total. The van der Waals surface area contributed by atoms with E-state index in [2.05, 4.69) is 38.1 Å². The number of nitrogens with zero attached hydrogens (tertiary/aromatic N) is 2. The fourth-order valence-electron chi connectivity index (χ4n) is 8.19. The average Bonchev–Trinajstić information content (AvgIpc) is 3.12. The zero-order valence-corrected chi connectivity index (χ0v) is 18.6. The Labute approximate surface area is 175 Å². The molecule has 1 aromatic heterocycles. The van der Waals surface area contributed by atoms with E-state index in [1.54, 1.807) is 0 Å². The van der Waals surface area contributed by atoms with Crippen molar-refractivity contribution in [2.45, 2.75) is 84.3 Å². The summed E-state index contributed by atoms with van der Waals surface area (Å²) in [6.07, 6.45) is 13.0. The van der Waals surface area contributed by atoms with Crippen molar-refractivity contribution >= 4 is 6.08 Å². The van der Waals surface area contributed by atoms with Crippen LogP contribution < -0.4 is 0 Å². The topological polar surface area (TPSA) is 58.3 Å². The zero-order chi connectivity index (χ0) is 20.6. The lowest BCUT2D eigenvalue weighted by Crippen LogP contribution is -2.54. The lowest BCUT2D eigenvalue weighted by molar-refractivity contribution is -0.133. The van der Waals surface area contributed by atoms with Gasteiger partial charge in [-0.1, -0.05) is 13.8 Å². The van der Waals surface area contributed by atoms with E-state index in [1.165, 1.54) is 31.3 Å². The Bertz CT molecular complexity index is 829. The Morgan fingerprint density at radius 3 is 2.55 bits per heavy atom. The molecule has 4 aliphatic rings. The SMILES string of the molecule is Cc1nn(C)cc1/C=C1/CC2C3CCC4CC(O)CCC4(C)C3CCC2(C)C1O. The summed E-state index contributed by atoms with van der Waals surface area (Å²) in [5.74, 6) is 2.76. The van der Waals surface area contributed by atoms with Crippen molar-refractivity contribution in [2.75, 3.05) is 0 Å². The summed E-state index contributed by atoms with van der Waals surface area (Å²) in [7, 11) is 1.96. The fraction of sp³-hybridized carbons (Fsp3) is 0.800. The third kappa shape index (κ3) is 2.89. The number of fused-ring (bicyclic) bond motifs is 5. The molecule has 160 valence electrons. The second kappa shape index (κ2) is 6.68. The minimum Gasteiger partial charge on any atom is -0.393 e. The number of rotatable bonds is 1. The van der Waals surface area contributed by atoms with E-state index < -0.39 is 0 Å². The van der Waals surface area contributed by atoms with Crippen molar-refractivity contribution in [3.05, 3.63) is 23.0 Å². The normalized spacial score (nSPS) is 48.3. The molecule has 4 saturated carbocycles. The minimum absolute atomic E-state index is 0.0144. The van der Waals surface area contributed by atoms with Gasteiger partial charge in [0, 0.05) is 24.2 Å². The van der Waals surface area contributed by atoms with E-state index in [0.717, 1.165) is 48.8 Å². The standard InChI is InChI=1S/C25H38N2O2/c1-15-17(14-27(4)26-15)11-16-12-22-20-6-5-18-13-19(28)7-9-24(18,2)21(20)8-10-25(22,3)23(16)29/h11,14,18-23,28-29H,5-10,12-13H2,1-4H3/b16-11-. The molecular formula is C25H38N2O2. The van der Waals surface area contributed by atoms with Gasteiger partial charge in [-0.3, -0.25) is 4.68 Å². The highest BCUT2D eigenvalue weighted by molar-refractivity contribution is 5.56. The molecule has 0 bridgehead atoms. The van der Waals surface area contributed by atoms with Crippen LogP contribution in [0.15, 0.2) is 11.8 Å². The van der Waals surface area contributed by atoms with Crippen molar-refractivity contribution in [2.24, 2.45) is 41.5 Å². The van der Waals surface area contributed by atoms with Crippen molar-refractivity contribution in [1.82, 2.24) is 9.78 Å². The molecule has 0 saturated heterocycles. The van der Waals surface area contributed by atoms with Crippen LogP contribution in [0.5, 0.6) is 0 Å². The summed E-state index contributed by atoms with van der Waals surface area (Å²) in [6.45, 7) is 6.94. The van der Waals surface area contributed by atoms with Gasteiger partial charge in [-0.05, 0) is 99.0 Å². The first-order valence-electron chi connectivity index (χ1n) is 11.8. The molecule has 5 rings (SSSR count). The molecule has 0 aliphatic heterocycles. The highest BCUT2D eigenvalue weighted by atomic mass is 16.3. The van der Waals surface area contributed by atoms with Crippen LogP contribution in [0.1, 0.15) is 76.5 Å². The summed E-state index contributed by atoms with van der Waals surface area (Å²) >= 11 is 0. The Balaban J connectivity index is 1.45. The quantitative estimate of drug-likeness (QED) is 0.733. The van der Waals surface area contributed by atoms with E-state index in [4.69, 9.17) is 0 Å². The molecule has 8 unspecified atom stereocenters. The van der Waals surface area contributed by atoms with Gasteiger partial charge in [0.25, 0.3) is 0 Å². The van der Waals surface area contributed by atoms with Crippen LogP contribution in [0.25, 0.3) is 6.08 Å². The summed E-state index contributed by atoms with van der Waals surface area (Å²) in [5, 5.41) is 26.1. The smallest absolute Gasteiger partial charge is 0.0809 e.